The first kappa shape index (κ1) is 12.4. The third kappa shape index (κ3) is 3.12. The molecule has 2 nitrogen and oxygen atoms in total. The van der Waals surface area contributed by atoms with Crippen molar-refractivity contribution in [3.05, 3.63) is 11.3 Å². The van der Waals surface area contributed by atoms with Crippen molar-refractivity contribution >= 4 is 17.6 Å². The van der Waals surface area contributed by atoms with Gasteiger partial charge in [0.25, 0.3) is 0 Å². The van der Waals surface area contributed by atoms with E-state index in [4.69, 9.17) is 11.6 Å². The monoisotopic (exact) mass is 242 g/mol. The van der Waals surface area contributed by atoms with Crippen LogP contribution in [0.25, 0.3) is 0 Å². The minimum atomic E-state index is -4.67. The molecular weight excluding hydrogens is 233 g/mol. The Hall–Kier alpha value is -0.710. The first-order valence-corrected chi connectivity index (χ1v) is 4.66. The molecule has 0 saturated heterocycles. The van der Waals surface area contributed by atoms with Crippen LogP contribution in [0.3, 0.4) is 0 Å². The van der Waals surface area contributed by atoms with Gasteiger partial charge in [0.05, 0.1) is 5.92 Å². The van der Waals surface area contributed by atoms with E-state index in [2.05, 4.69) is 4.74 Å². The number of rotatable bonds is 2. The predicted octanol–water partition coefficient (Wildman–Crippen LogP) is 3.22. The molecule has 0 aromatic carbocycles. The Morgan fingerprint density at radius 3 is 2.33 bits per heavy atom. The Bertz CT molecular complexity index is 307. The van der Waals surface area contributed by atoms with Gasteiger partial charge in [-0.2, -0.15) is 13.2 Å². The van der Waals surface area contributed by atoms with Gasteiger partial charge in [-0.25, -0.2) is 0 Å². The number of halogens is 4. The third-order valence-corrected chi connectivity index (χ3v) is 2.65. The van der Waals surface area contributed by atoms with Crippen molar-refractivity contribution in [2.45, 2.75) is 26.4 Å². The maximum Gasteiger partial charge on any atom is 0.429 e. The van der Waals surface area contributed by atoms with Crippen LogP contribution >= 0.6 is 11.6 Å². The number of hydrogen-bond donors (Lipinski definition) is 0. The summed E-state index contributed by atoms with van der Waals surface area (Å²) < 4.78 is 40.0. The highest BCUT2D eigenvalue weighted by molar-refractivity contribution is 6.30. The molecule has 1 atom stereocenters. The lowest BCUT2D eigenvalue weighted by molar-refractivity contribution is -0.140. The van der Waals surface area contributed by atoms with E-state index in [1.807, 2.05) is 13.8 Å². The van der Waals surface area contributed by atoms with Gasteiger partial charge in [-0.15, -0.1) is 0 Å². The van der Waals surface area contributed by atoms with Gasteiger partial charge in [0.1, 0.15) is 6.26 Å². The van der Waals surface area contributed by atoms with Crippen LogP contribution in [-0.4, -0.2) is 12.1 Å². The van der Waals surface area contributed by atoms with Gasteiger partial charge in [-0.05, 0) is 11.8 Å². The van der Waals surface area contributed by atoms with Gasteiger partial charge in [-0.1, -0.05) is 25.4 Å². The summed E-state index contributed by atoms with van der Waals surface area (Å²) in [5, 5.41) is -1.44. The molecule has 0 N–H and O–H groups in total. The van der Waals surface area contributed by atoms with Gasteiger partial charge in [0.2, 0.25) is 0 Å². The van der Waals surface area contributed by atoms with Crippen molar-refractivity contribution in [2.24, 2.45) is 11.3 Å². The molecule has 0 aromatic heterocycles. The van der Waals surface area contributed by atoms with Crippen LogP contribution in [0.1, 0.15) is 20.3 Å². The Morgan fingerprint density at radius 2 is 2.00 bits per heavy atom. The molecule has 1 unspecified atom stereocenters. The van der Waals surface area contributed by atoms with Crippen LogP contribution in [0.2, 0.25) is 0 Å². The van der Waals surface area contributed by atoms with Crippen molar-refractivity contribution in [3.8, 4) is 0 Å². The standard InChI is InChI=1S/C9H10ClF3O2/c1-8(2)3-5(8)7(14)15-4-6(10)9(11,12)13/h4-5H,3H2,1-2H3. The molecular formula is C9H10ClF3O2. The lowest BCUT2D eigenvalue weighted by Crippen LogP contribution is -2.11. The average Bonchev–Trinajstić information content (AvgIpc) is 2.68. The van der Waals surface area contributed by atoms with E-state index in [-0.39, 0.29) is 17.6 Å². The lowest BCUT2D eigenvalue weighted by Gasteiger charge is -2.05. The lowest BCUT2D eigenvalue weighted by atomic mass is 10.1. The molecule has 0 spiro atoms. The first-order valence-electron chi connectivity index (χ1n) is 4.28. The van der Waals surface area contributed by atoms with Gasteiger partial charge < -0.3 is 4.74 Å². The van der Waals surface area contributed by atoms with Crippen LogP contribution in [0, 0.1) is 11.3 Å². The van der Waals surface area contributed by atoms with Crippen molar-refractivity contribution in [1.29, 1.82) is 0 Å². The Kier molecular flexibility index (Phi) is 3.05. The Balaban J connectivity index is 2.48. The first-order chi connectivity index (χ1) is 6.64. The number of esters is 1. The summed E-state index contributed by atoms with van der Waals surface area (Å²) in [5.41, 5.74) is -0.171. The Labute approximate surface area is 90.0 Å². The SMILES string of the molecule is CC1(C)CC1C(=O)OC=C(Cl)C(F)(F)F. The number of hydrogen-bond acceptors (Lipinski definition) is 2. The van der Waals surface area contributed by atoms with E-state index in [0.29, 0.717) is 6.42 Å². The van der Waals surface area contributed by atoms with Gasteiger partial charge in [0, 0.05) is 0 Å². The zero-order chi connectivity index (χ0) is 11.9. The van der Waals surface area contributed by atoms with E-state index in [1.165, 1.54) is 0 Å². The summed E-state index contributed by atoms with van der Waals surface area (Å²) in [6.45, 7) is 3.68. The zero-order valence-electron chi connectivity index (χ0n) is 8.19. The van der Waals surface area contributed by atoms with Gasteiger partial charge >= 0.3 is 12.1 Å². The van der Waals surface area contributed by atoms with Crippen LogP contribution in [0.4, 0.5) is 13.2 Å². The summed E-state index contributed by atoms with van der Waals surface area (Å²) >= 11 is 4.86. The molecule has 0 aliphatic heterocycles. The normalized spacial score (nSPS) is 24.9. The summed E-state index contributed by atoms with van der Waals surface area (Å²) in [7, 11) is 0. The number of carbonyl (C=O) groups is 1. The molecule has 1 fully saturated rings. The number of ether oxygens (including phenoxy) is 1. The highest BCUT2D eigenvalue weighted by Gasteiger charge is 2.51. The second-order valence-electron chi connectivity index (χ2n) is 4.15. The Morgan fingerprint density at radius 1 is 1.53 bits per heavy atom. The van der Waals surface area contributed by atoms with Gasteiger partial charge in [-0.3, -0.25) is 4.79 Å². The number of alkyl halides is 3. The molecule has 0 aromatic rings. The molecule has 0 amide bonds. The van der Waals surface area contributed by atoms with Crippen molar-refractivity contribution in [2.75, 3.05) is 0 Å². The largest absolute Gasteiger partial charge is 0.433 e. The fourth-order valence-corrected chi connectivity index (χ4v) is 1.17. The second-order valence-corrected chi connectivity index (χ2v) is 4.55. The third-order valence-electron chi connectivity index (χ3n) is 2.35. The smallest absolute Gasteiger partial charge is 0.429 e. The maximum absolute atomic E-state index is 11.9. The molecule has 1 rings (SSSR count). The molecule has 0 heterocycles. The number of allylic oxidation sites excluding steroid dienone is 1. The summed E-state index contributed by atoms with van der Waals surface area (Å²) in [4.78, 5) is 11.2. The van der Waals surface area contributed by atoms with Crippen molar-refractivity contribution in [3.63, 3.8) is 0 Å². The summed E-state index contributed by atoms with van der Waals surface area (Å²) in [5.74, 6) is -0.992. The molecule has 6 heteroatoms. The van der Waals surface area contributed by atoms with E-state index in [1.54, 1.807) is 0 Å². The zero-order valence-corrected chi connectivity index (χ0v) is 8.95. The quantitative estimate of drug-likeness (QED) is 0.549. The molecule has 1 saturated carbocycles. The van der Waals surface area contributed by atoms with Crippen LogP contribution < -0.4 is 0 Å². The van der Waals surface area contributed by atoms with Gasteiger partial charge in [0.15, 0.2) is 5.03 Å². The predicted molar refractivity (Wildman–Crippen MR) is 48.0 cm³/mol. The minimum absolute atomic E-state index is 0.171. The molecule has 1 aliphatic carbocycles. The van der Waals surface area contributed by atoms with E-state index >= 15 is 0 Å². The molecule has 15 heavy (non-hydrogen) atoms. The molecule has 86 valence electrons. The van der Waals surface area contributed by atoms with Crippen LogP contribution in [0.15, 0.2) is 11.3 Å². The fourth-order valence-electron chi connectivity index (χ4n) is 1.13. The van der Waals surface area contributed by atoms with E-state index < -0.39 is 17.2 Å². The maximum atomic E-state index is 11.9. The number of carbonyl (C=O) groups excluding carboxylic acids is 1. The fraction of sp³-hybridized carbons (Fsp3) is 0.667. The van der Waals surface area contributed by atoms with Crippen LogP contribution in [0.5, 0.6) is 0 Å². The second kappa shape index (κ2) is 3.70. The summed E-state index contributed by atoms with van der Waals surface area (Å²) in [6, 6.07) is 0. The van der Waals surface area contributed by atoms with Crippen LogP contribution in [-0.2, 0) is 9.53 Å². The van der Waals surface area contributed by atoms with E-state index in [0.717, 1.165) is 0 Å². The molecule has 0 radical (unpaired) electrons. The highest BCUT2D eigenvalue weighted by Crippen LogP contribution is 2.52. The topological polar surface area (TPSA) is 26.3 Å². The minimum Gasteiger partial charge on any atom is -0.433 e. The average molecular weight is 243 g/mol. The van der Waals surface area contributed by atoms with Crippen molar-refractivity contribution < 1.29 is 22.7 Å². The molecule has 1 aliphatic rings. The highest BCUT2D eigenvalue weighted by atomic mass is 35.5. The molecule has 0 bridgehead atoms. The van der Waals surface area contributed by atoms with E-state index in [9.17, 15) is 18.0 Å². The summed E-state index contributed by atoms with van der Waals surface area (Å²) in [6.07, 6.45) is -3.79. The van der Waals surface area contributed by atoms with Crippen molar-refractivity contribution in [1.82, 2.24) is 0 Å².